The summed E-state index contributed by atoms with van der Waals surface area (Å²) in [6.07, 6.45) is 5.06. The van der Waals surface area contributed by atoms with Gasteiger partial charge >= 0.3 is 0 Å². The summed E-state index contributed by atoms with van der Waals surface area (Å²) >= 11 is 0. The van der Waals surface area contributed by atoms with E-state index in [0.29, 0.717) is 17.6 Å². The van der Waals surface area contributed by atoms with E-state index >= 15 is 0 Å². The van der Waals surface area contributed by atoms with Gasteiger partial charge in [0.2, 0.25) is 5.91 Å². The summed E-state index contributed by atoms with van der Waals surface area (Å²) in [7, 11) is 0. The first-order chi connectivity index (χ1) is 10.2. The highest BCUT2D eigenvalue weighted by Gasteiger charge is 2.41. The number of anilines is 1. The predicted molar refractivity (Wildman–Crippen MR) is 81.9 cm³/mol. The average molecular weight is 286 g/mol. The Morgan fingerprint density at radius 3 is 2.52 bits per heavy atom. The van der Waals surface area contributed by atoms with Gasteiger partial charge in [-0.15, -0.1) is 0 Å². The van der Waals surface area contributed by atoms with E-state index in [-0.39, 0.29) is 24.3 Å². The zero-order valence-electron chi connectivity index (χ0n) is 12.4. The van der Waals surface area contributed by atoms with Crippen molar-refractivity contribution in [3.05, 3.63) is 30.3 Å². The van der Waals surface area contributed by atoms with Crippen molar-refractivity contribution in [1.29, 1.82) is 0 Å². The number of rotatable bonds is 3. The Hall–Kier alpha value is -1.68. The number of benzene rings is 1. The lowest BCUT2D eigenvalue weighted by Gasteiger charge is -2.31. The van der Waals surface area contributed by atoms with E-state index in [1.807, 2.05) is 18.2 Å². The Kier molecular flexibility index (Phi) is 4.06. The van der Waals surface area contributed by atoms with Crippen LogP contribution < -0.4 is 10.2 Å². The maximum atomic E-state index is 12.5. The van der Waals surface area contributed by atoms with E-state index in [4.69, 9.17) is 0 Å². The van der Waals surface area contributed by atoms with Crippen molar-refractivity contribution >= 4 is 17.5 Å². The Morgan fingerprint density at radius 1 is 1.10 bits per heavy atom. The van der Waals surface area contributed by atoms with Gasteiger partial charge in [0.25, 0.3) is 5.91 Å². The Balaban J connectivity index is 1.71. The molecule has 4 nitrogen and oxygen atoms in total. The molecule has 1 heterocycles. The van der Waals surface area contributed by atoms with Crippen LogP contribution in [0.1, 0.15) is 39.0 Å². The van der Waals surface area contributed by atoms with E-state index in [0.717, 1.165) is 6.42 Å². The van der Waals surface area contributed by atoms with Gasteiger partial charge in [-0.3, -0.25) is 9.59 Å². The van der Waals surface area contributed by atoms with E-state index in [1.54, 1.807) is 12.1 Å². The van der Waals surface area contributed by atoms with Gasteiger partial charge in [-0.05, 0) is 30.9 Å². The minimum atomic E-state index is -0.358. The lowest BCUT2D eigenvalue weighted by atomic mass is 9.85. The molecule has 3 rings (SSSR count). The fourth-order valence-corrected chi connectivity index (χ4v) is 3.43. The van der Waals surface area contributed by atoms with Crippen molar-refractivity contribution in [3.8, 4) is 0 Å². The zero-order valence-corrected chi connectivity index (χ0v) is 12.4. The van der Waals surface area contributed by atoms with Crippen LogP contribution in [-0.2, 0) is 9.59 Å². The summed E-state index contributed by atoms with van der Waals surface area (Å²) in [6.45, 7) is 2.23. The second-order valence-electron chi connectivity index (χ2n) is 6.19. The number of nitrogens with one attached hydrogen (secondary N) is 1. The number of amides is 2. The number of hydrogen-bond acceptors (Lipinski definition) is 3. The predicted octanol–water partition coefficient (Wildman–Crippen LogP) is 2.49. The molecule has 0 radical (unpaired) electrons. The monoisotopic (exact) mass is 286 g/mol. The molecule has 1 saturated carbocycles. The Labute approximate surface area is 125 Å². The summed E-state index contributed by atoms with van der Waals surface area (Å²) in [6, 6.07) is 9.19. The van der Waals surface area contributed by atoms with Crippen LogP contribution in [0.2, 0.25) is 0 Å². The van der Waals surface area contributed by atoms with E-state index in [1.165, 1.54) is 24.2 Å². The van der Waals surface area contributed by atoms with Gasteiger partial charge in [0.15, 0.2) is 0 Å². The first kappa shape index (κ1) is 14.3. The average Bonchev–Trinajstić information content (AvgIpc) is 2.77. The van der Waals surface area contributed by atoms with Crippen LogP contribution in [0.5, 0.6) is 0 Å². The minimum Gasteiger partial charge on any atom is -0.302 e. The topological polar surface area (TPSA) is 49.4 Å². The third kappa shape index (κ3) is 2.86. The van der Waals surface area contributed by atoms with Crippen molar-refractivity contribution in [2.75, 3.05) is 4.90 Å². The van der Waals surface area contributed by atoms with Gasteiger partial charge in [-0.1, -0.05) is 38.0 Å². The van der Waals surface area contributed by atoms with Gasteiger partial charge in [-0.25, -0.2) is 4.90 Å². The number of nitrogens with zero attached hydrogens (tertiary/aromatic N) is 1. The molecule has 1 aliphatic heterocycles. The van der Waals surface area contributed by atoms with Crippen LogP contribution in [-0.4, -0.2) is 23.9 Å². The minimum absolute atomic E-state index is 0.104. The van der Waals surface area contributed by atoms with Crippen molar-refractivity contribution in [3.63, 3.8) is 0 Å². The van der Waals surface area contributed by atoms with Crippen LogP contribution in [0.15, 0.2) is 30.3 Å². The van der Waals surface area contributed by atoms with Gasteiger partial charge < -0.3 is 5.32 Å². The molecular weight excluding hydrogens is 264 g/mol. The molecule has 0 aromatic heterocycles. The third-order valence-corrected chi connectivity index (χ3v) is 4.69. The van der Waals surface area contributed by atoms with Crippen LogP contribution in [0.25, 0.3) is 0 Å². The van der Waals surface area contributed by atoms with E-state index in [2.05, 4.69) is 12.2 Å². The molecule has 1 aliphatic carbocycles. The molecule has 21 heavy (non-hydrogen) atoms. The molecule has 4 heteroatoms. The molecule has 1 aromatic rings. The van der Waals surface area contributed by atoms with Gasteiger partial charge in [-0.2, -0.15) is 0 Å². The first-order valence-corrected chi connectivity index (χ1v) is 7.84. The summed E-state index contributed by atoms with van der Waals surface area (Å²) in [5.74, 6) is 0.364. The van der Waals surface area contributed by atoms with E-state index in [9.17, 15) is 9.59 Å². The number of carbonyl (C=O) groups is 2. The molecule has 112 valence electrons. The second-order valence-corrected chi connectivity index (χ2v) is 6.19. The van der Waals surface area contributed by atoms with Crippen molar-refractivity contribution in [2.24, 2.45) is 5.92 Å². The summed E-state index contributed by atoms with van der Waals surface area (Å²) in [5.41, 5.74) is 0.675. The molecule has 0 unspecified atom stereocenters. The highest BCUT2D eigenvalue weighted by atomic mass is 16.2. The molecule has 2 amide bonds. The highest BCUT2D eigenvalue weighted by Crippen LogP contribution is 2.27. The molecule has 2 fully saturated rings. The van der Waals surface area contributed by atoms with Crippen LogP contribution in [0.4, 0.5) is 5.69 Å². The maximum Gasteiger partial charge on any atom is 0.251 e. The first-order valence-electron chi connectivity index (χ1n) is 7.84. The summed E-state index contributed by atoms with van der Waals surface area (Å²) < 4.78 is 0. The fraction of sp³-hybridized carbons (Fsp3) is 0.529. The normalized spacial score (nSPS) is 30.0. The molecule has 3 atom stereocenters. The molecular formula is C17H22N2O2. The van der Waals surface area contributed by atoms with Crippen LogP contribution in [0, 0.1) is 5.92 Å². The Morgan fingerprint density at radius 2 is 1.81 bits per heavy atom. The molecule has 0 bridgehead atoms. The van der Waals surface area contributed by atoms with E-state index < -0.39 is 0 Å². The lowest BCUT2D eigenvalue weighted by Crippen LogP contribution is -2.47. The molecule has 1 saturated heterocycles. The second kappa shape index (κ2) is 5.98. The number of hydrogen-bond donors (Lipinski definition) is 1. The van der Waals surface area contributed by atoms with Crippen LogP contribution >= 0.6 is 0 Å². The molecule has 1 N–H and O–H groups in total. The van der Waals surface area contributed by atoms with Gasteiger partial charge in [0, 0.05) is 6.04 Å². The number of carbonyl (C=O) groups excluding carboxylic acids is 2. The van der Waals surface area contributed by atoms with Crippen molar-refractivity contribution < 1.29 is 9.59 Å². The summed E-state index contributed by atoms with van der Waals surface area (Å²) in [5, 5.41) is 3.44. The standard InChI is InChI=1S/C17H22N2O2/c1-12-7-5-6-10-14(12)18-15-11-16(20)19(17(15)21)13-8-3-2-4-9-13/h2-4,8-9,12,14-15,18H,5-7,10-11H2,1H3/t12-,14+,15+/m0/s1. The fourth-order valence-electron chi connectivity index (χ4n) is 3.43. The molecule has 0 spiro atoms. The maximum absolute atomic E-state index is 12.5. The van der Waals surface area contributed by atoms with Gasteiger partial charge in [0.1, 0.15) is 0 Å². The molecule has 2 aliphatic rings. The van der Waals surface area contributed by atoms with Gasteiger partial charge in [0.05, 0.1) is 18.2 Å². The Bertz CT molecular complexity index is 529. The third-order valence-electron chi connectivity index (χ3n) is 4.69. The number of para-hydroxylation sites is 1. The SMILES string of the molecule is C[C@H]1CCCC[C@H]1N[C@@H]1CC(=O)N(c2ccccc2)C1=O. The molecule has 1 aromatic carbocycles. The van der Waals surface area contributed by atoms with Crippen LogP contribution in [0.3, 0.4) is 0 Å². The van der Waals surface area contributed by atoms with Crippen molar-refractivity contribution in [2.45, 2.75) is 51.1 Å². The largest absolute Gasteiger partial charge is 0.302 e. The zero-order chi connectivity index (χ0) is 14.8. The lowest BCUT2D eigenvalue weighted by molar-refractivity contribution is -0.121. The number of imide groups is 1. The summed E-state index contributed by atoms with van der Waals surface area (Å²) in [4.78, 5) is 26.0. The quantitative estimate of drug-likeness (QED) is 0.869. The van der Waals surface area contributed by atoms with Crippen molar-refractivity contribution in [1.82, 2.24) is 5.32 Å². The smallest absolute Gasteiger partial charge is 0.251 e. The highest BCUT2D eigenvalue weighted by molar-refractivity contribution is 6.22.